The fourth-order valence-electron chi connectivity index (χ4n) is 2.52. The van der Waals surface area contributed by atoms with Crippen molar-refractivity contribution < 1.29 is 8.42 Å². The summed E-state index contributed by atoms with van der Waals surface area (Å²) in [4.78, 5) is 8.58. The molecule has 154 valence electrons. The van der Waals surface area contributed by atoms with E-state index >= 15 is 0 Å². The van der Waals surface area contributed by atoms with Gasteiger partial charge in [0.1, 0.15) is 5.15 Å². The molecule has 1 aromatic heterocycles. The van der Waals surface area contributed by atoms with Gasteiger partial charge in [0.25, 0.3) is 0 Å². The normalized spacial score (nSPS) is 12.8. The van der Waals surface area contributed by atoms with E-state index in [1.807, 2.05) is 13.0 Å². The summed E-state index contributed by atoms with van der Waals surface area (Å²) >= 11 is 5.78. The Morgan fingerprint density at radius 3 is 2.50 bits per heavy atom. The van der Waals surface area contributed by atoms with Crippen LogP contribution >= 0.6 is 35.6 Å². The molecular formula is C19H26ClIN4O2S. The summed E-state index contributed by atoms with van der Waals surface area (Å²) < 4.78 is 25.2. The number of pyridine rings is 1. The molecular weight excluding hydrogens is 511 g/mol. The van der Waals surface area contributed by atoms with Gasteiger partial charge in [-0.05, 0) is 36.6 Å². The van der Waals surface area contributed by atoms with Gasteiger partial charge in [0, 0.05) is 25.8 Å². The van der Waals surface area contributed by atoms with Crippen LogP contribution in [0.5, 0.6) is 0 Å². The fraction of sp³-hybridized carbons (Fsp3) is 0.368. The first kappa shape index (κ1) is 24.6. The minimum Gasteiger partial charge on any atom is -0.356 e. The first-order valence-electron chi connectivity index (χ1n) is 8.80. The lowest BCUT2D eigenvalue weighted by molar-refractivity contribution is 0.569. The van der Waals surface area contributed by atoms with Gasteiger partial charge >= 0.3 is 0 Å². The van der Waals surface area contributed by atoms with E-state index in [1.54, 1.807) is 49.6 Å². The number of rotatable bonds is 8. The number of hydrogen-bond acceptors (Lipinski definition) is 4. The molecule has 0 aliphatic heterocycles. The second kappa shape index (κ2) is 12.2. The van der Waals surface area contributed by atoms with Gasteiger partial charge < -0.3 is 10.6 Å². The molecule has 1 atom stereocenters. The van der Waals surface area contributed by atoms with Gasteiger partial charge in [-0.1, -0.05) is 42.8 Å². The number of nitrogens with zero attached hydrogens (tertiary/aromatic N) is 2. The number of nitrogens with one attached hydrogen (secondary N) is 2. The average molecular weight is 537 g/mol. The molecule has 1 unspecified atom stereocenters. The molecule has 2 N–H and O–H groups in total. The minimum absolute atomic E-state index is 0. The summed E-state index contributed by atoms with van der Waals surface area (Å²) in [6, 6.07) is 11.9. The number of halogens is 2. The van der Waals surface area contributed by atoms with E-state index in [0.717, 1.165) is 12.0 Å². The predicted octanol–water partition coefficient (Wildman–Crippen LogP) is 3.31. The quantitative estimate of drug-likeness (QED) is 0.234. The third-order valence-corrected chi connectivity index (χ3v) is 6.13. The van der Waals surface area contributed by atoms with Gasteiger partial charge in [-0.2, -0.15) is 0 Å². The van der Waals surface area contributed by atoms with Gasteiger partial charge in [-0.25, -0.2) is 13.4 Å². The Bertz CT molecular complexity index is 846. The topological polar surface area (TPSA) is 83.5 Å². The first-order valence-corrected chi connectivity index (χ1v) is 10.8. The van der Waals surface area contributed by atoms with Crippen LogP contribution in [0.4, 0.5) is 0 Å². The van der Waals surface area contributed by atoms with Crippen molar-refractivity contribution in [2.45, 2.75) is 30.7 Å². The van der Waals surface area contributed by atoms with Crippen LogP contribution in [0.3, 0.4) is 0 Å². The molecule has 0 spiro atoms. The Kier molecular flexibility index (Phi) is 10.8. The van der Waals surface area contributed by atoms with Crippen LogP contribution in [0.1, 0.15) is 18.9 Å². The number of benzene rings is 1. The molecule has 0 fully saturated rings. The molecule has 1 heterocycles. The third kappa shape index (κ3) is 7.92. The fourth-order valence-corrected chi connectivity index (χ4v) is 4.24. The summed E-state index contributed by atoms with van der Waals surface area (Å²) in [5, 5.41) is 6.87. The molecule has 0 radical (unpaired) electrons. The molecule has 0 aliphatic carbocycles. The highest BCUT2D eigenvalue weighted by molar-refractivity contribution is 14.0. The van der Waals surface area contributed by atoms with Gasteiger partial charge in [0.15, 0.2) is 15.8 Å². The molecule has 1 aromatic carbocycles. The van der Waals surface area contributed by atoms with Crippen molar-refractivity contribution >= 4 is 51.4 Å². The zero-order valence-electron chi connectivity index (χ0n) is 15.9. The van der Waals surface area contributed by atoms with Crippen LogP contribution < -0.4 is 10.6 Å². The molecule has 2 rings (SSSR count). The monoisotopic (exact) mass is 536 g/mol. The van der Waals surface area contributed by atoms with Crippen LogP contribution in [0.2, 0.25) is 5.15 Å². The predicted molar refractivity (Wildman–Crippen MR) is 125 cm³/mol. The Morgan fingerprint density at radius 1 is 1.21 bits per heavy atom. The van der Waals surface area contributed by atoms with Crippen LogP contribution in [0.25, 0.3) is 0 Å². The van der Waals surface area contributed by atoms with Crippen molar-refractivity contribution in [1.29, 1.82) is 0 Å². The Hall–Kier alpha value is -1.39. The van der Waals surface area contributed by atoms with Crippen LogP contribution in [-0.2, 0) is 16.3 Å². The average Bonchev–Trinajstić information content (AvgIpc) is 2.68. The number of sulfone groups is 1. The van der Waals surface area contributed by atoms with Crippen LogP contribution in [-0.4, -0.2) is 44.7 Å². The molecule has 6 nitrogen and oxygen atoms in total. The van der Waals surface area contributed by atoms with Crippen molar-refractivity contribution in [3.05, 3.63) is 59.4 Å². The lowest BCUT2D eigenvalue weighted by Crippen LogP contribution is -2.46. The molecule has 2 aromatic rings. The van der Waals surface area contributed by atoms with E-state index < -0.39 is 9.84 Å². The van der Waals surface area contributed by atoms with E-state index in [-0.39, 0.29) is 35.8 Å². The molecule has 0 bridgehead atoms. The largest absolute Gasteiger partial charge is 0.356 e. The highest BCUT2D eigenvalue weighted by atomic mass is 127. The number of aromatic nitrogens is 1. The summed E-state index contributed by atoms with van der Waals surface area (Å²) in [6.45, 7) is 2.59. The number of guanidine groups is 1. The summed E-state index contributed by atoms with van der Waals surface area (Å²) in [6.07, 6.45) is 3.15. The SMILES string of the molecule is CCC(CS(=O)(=O)c1ccccc1)NC(=NC)NCCc1ccc(Cl)nc1.I. The van der Waals surface area contributed by atoms with Crippen molar-refractivity contribution in [2.24, 2.45) is 4.99 Å². The highest BCUT2D eigenvalue weighted by Crippen LogP contribution is 2.12. The zero-order valence-corrected chi connectivity index (χ0v) is 19.8. The van der Waals surface area contributed by atoms with Crippen molar-refractivity contribution in [1.82, 2.24) is 15.6 Å². The standard InChI is InChI=1S/C19H25ClN4O2S.HI/c1-3-16(14-27(25,26)17-7-5-4-6-8-17)24-19(21-2)22-12-11-15-9-10-18(20)23-13-15;/h4-10,13,16H,3,11-12,14H2,1-2H3,(H2,21,22,24);1H. The maximum Gasteiger partial charge on any atom is 0.191 e. The van der Waals surface area contributed by atoms with E-state index in [4.69, 9.17) is 11.6 Å². The van der Waals surface area contributed by atoms with Crippen molar-refractivity contribution in [3.63, 3.8) is 0 Å². The van der Waals surface area contributed by atoms with Crippen LogP contribution in [0.15, 0.2) is 58.5 Å². The van der Waals surface area contributed by atoms with E-state index in [0.29, 0.717) is 29.0 Å². The summed E-state index contributed by atoms with van der Waals surface area (Å²) in [7, 11) is -1.69. The molecule has 28 heavy (non-hydrogen) atoms. The Balaban J connectivity index is 0.00000392. The third-order valence-electron chi connectivity index (χ3n) is 4.07. The summed E-state index contributed by atoms with van der Waals surface area (Å²) in [5.74, 6) is 0.585. The zero-order chi connectivity index (χ0) is 19.7. The van der Waals surface area contributed by atoms with Gasteiger partial charge in [-0.3, -0.25) is 4.99 Å². The summed E-state index contributed by atoms with van der Waals surface area (Å²) in [5.41, 5.74) is 1.06. The maximum atomic E-state index is 12.6. The maximum absolute atomic E-state index is 12.6. The molecule has 0 saturated carbocycles. The lowest BCUT2D eigenvalue weighted by Gasteiger charge is -2.20. The number of hydrogen-bond donors (Lipinski definition) is 2. The Labute approximate surface area is 189 Å². The van der Waals surface area contributed by atoms with E-state index in [2.05, 4.69) is 20.6 Å². The molecule has 0 saturated heterocycles. The van der Waals surface area contributed by atoms with Crippen molar-refractivity contribution in [3.8, 4) is 0 Å². The smallest absolute Gasteiger partial charge is 0.191 e. The van der Waals surface area contributed by atoms with E-state index in [9.17, 15) is 8.42 Å². The molecule has 0 aliphatic rings. The van der Waals surface area contributed by atoms with Gasteiger partial charge in [0.05, 0.1) is 10.6 Å². The Morgan fingerprint density at radius 2 is 1.93 bits per heavy atom. The second-order valence-corrected chi connectivity index (χ2v) is 8.50. The number of aliphatic imine (C=N–C) groups is 1. The lowest BCUT2D eigenvalue weighted by atomic mass is 10.2. The molecule has 9 heteroatoms. The molecule has 0 amide bonds. The van der Waals surface area contributed by atoms with Crippen LogP contribution in [0, 0.1) is 0 Å². The highest BCUT2D eigenvalue weighted by Gasteiger charge is 2.20. The minimum atomic E-state index is -3.36. The van der Waals surface area contributed by atoms with Crippen molar-refractivity contribution in [2.75, 3.05) is 19.3 Å². The second-order valence-electron chi connectivity index (χ2n) is 6.08. The van der Waals surface area contributed by atoms with Gasteiger partial charge in [0.2, 0.25) is 0 Å². The van der Waals surface area contributed by atoms with E-state index in [1.165, 1.54) is 0 Å². The first-order chi connectivity index (χ1) is 12.9. The van der Waals surface area contributed by atoms with Gasteiger partial charge in [-0.15, -0.1) is 24.0 Å².